The lowest BCUT2D eigenvalue weighted by atomic mass is 10.2. The molecular weight excluding hydrogens is 246 g/mol. The maximum Gasteiger partial charge on any atom is 0.338 e. The van der Waals surface area contributed by atoms with Crippen LogP contribution in [-0.2, 0) is 16.2 Å². The summed E-state index contributed by atoms with van der Waals surface area (Å²) in [6.07, 6.45) is 0.263. The molecule has 19 heavy (non-hydrogen) atoms. The predicted octanol–water partition coefficient (Wildman–Crippen LogP) is 0.896. The van der Waals surface area contributed by atoms with Gasteiger partial charge in [-0.2, -0.15) is 0 Å². The van der Waals surface area contributed by atoms with Crippen molar-refractivity contribution in [2.75, 3.05) is 20.6 Å². The highest BCUT2D eigenvalue weighted by Crippen LogP contribution is 1.98. The van der Waals surface area contributed by atoms with E-state index in [0.29, 0.717) is 6.61 Å². The van der Waals surface area contributed by atoms with E-state index < -0.39 is 6.03 Å². The van der Waals surface area contributed by atoms with Crippen LogP contribution in [0.1, 0.15) is 12.0 Å². The highest BCUT2D eigenvalue weighted by atomic mass is 16.7. The fourth-order valence-electron chi connectivity index (χ4n) is 1.30. The number of rotatable bonds is 6. The first-order valence-corrected chi connectivity index (χ1v) is 5.99. The normalized spacial score (nSPS) is 9.79. The van der Waals surface area contributed by atoms with Crippen molar-refractivity contribution in [2.24, 2.45) is 0 Å². The number of hydrogen-bond acceptors (Lipinski definition) is 3. The average Bonchev–Trinajstić information content (AvgIpc) is 2.39. The molecule has 0 radical (unpaired) electrons. The highest BCUT2D eigenvalue weighted by Gasteiger charge is 2.05. The van der Waals surface area contributed by atoms with Crippen LogP contribution in [0.25, 0.3) is 0 Å². The van der Waals surface area contributed by atoms with Crippen molar-refractivity contribution in [1.82, 2.24) is 15.7 Å². The lowest BCUT2D eigenvalue weighted by molar-refractivity contribution is -0.128. The Morgan fingerprint density at radius 3 is 2.53 bits per heavy atom. The van der Waals surface area contributed by atoms with Crippen LogP contribution in [0.3, 0.4) is 0 Å². The Morgan fingerprint density at radius 2 is 1.89 bits per heavy atom. The van der Waals surface area contributed by atoms with Crippen LogP contribution in [0.2, 0.25) is 0 Å². The van der Waals surface area contributed by atoms with E-state index in [4.69, 9.17) is 4.84 Å². The highest BCUT2D eigenvalue weighted by molar-refractivity contribution is 5.77. The van der Waals surface area contributed by atoms with E-state index in [0.717, 1.165) is 5.56 Å². The molecule has 2 N–H and O–H groups in total. The Bertz CT molecular complexity index is 407. The van der Waals surface area contributed by atoms with Crippen molar-refractivity contribution in [1.29, 1.82) is 0 Å². The number of urea groups is 1. The zero-order valence-corrected chi connectivity index (χ0v) is 11.2. The molecule has 0 saturated heterocycles. The van der Waals surface area contributed by atoms with Gasteiger partial charge in [-0.05, 0) is 5.56 Å². The predicted molar refractivity (Wildman–Crippen MR) is 71.1 cm³/mol. The van der Waals surface area contributed by atoms with Gasteiger partial charge in [0.15, 0.2) is 0 Å². The monoisotopic (exact) mass is 265 g/mol. The summed E-state index contributed by atoms with van der Waals surface area (Å²) in [5.74, 6) is -0.0366. The summed E-state index contributed by atoms with van der Waals surface area (Å²) in [6, 6.07) is 9.04. The van der Waals surface area contributed by atoms with E-state index >= 15 is 0 Å². The molecule has 0 aromatic heterocycles. The number of carbonyl (C=O) groups excluding carboxylic acids is 2. The number of carbonyl (C=O) groups is 2. The summed E-state index contributed by atoms with van der Waals surface area (Å²) in [4.78, 5) is 29.1. The number of amides is 3. The minimum absolute atomic E-state index is 0.0366. The standard InChI is InChI=1S/C13H19N3O3/c1-16(2)12(17)8-9-14-13(18)15-19-10-11-6-4-3-5-7-11/h3-7H,8-10H2,1-2H3,(H2,14,15,18). The van der Waals surface area contributed by atoms with Crippen molar-refractivity contribution in [3.8, 4) is 0 Å². The molecule has 0 fully saturated rings. The van der Waals surface area contributed by atoms with E-state index in [1.54, 1.807) is 14.1 Å². The number of hydroxylamine groups is 1. The number of nitrogens with one attached hydrogen (secondary N) is 2. The van der Waals surface area contributed by atoms with Gasteiger partial charge in [-0.3, -0.25) is 9.63 Å². The first kappa shape index (κ1) is 15.0. The second-order valence-electron chi connectivity index (χ2n) is 4.17. The summed E-state index contributed by atoms with van der Waals surface area (Å²) in [5.41, 5.74) is 3.22. The quantitative estimate of drug-likeness (QED) is 0.751. The second-order valence-corrected chi connectivity index (χ2v) is 4.17. The number of hydrogen-bond donors (Lipinski definition) is 2. The molecule has 6 heteroatoms. The topological polar surface area (TPSA) is 70.7 Å². The molecule has 0 heterocycles. The molecule has 0 aliphatic carbocycles. The molecule has 0 spiro atoms. The van der Waals surface area contributed by atoms with E-state index in [1.165, 1.54) is 4.90 Å². The Kier molecular flexibility index (Phi) is 6.38. The fraction of sp³-hybridized carbons (Fsp3) is 0.385. The van der Waals surface area contributed by atoms with E-state index in [1.807, 2.05) is 30.3 Å². The van der Waals surface area contributed by atoms with Gasteiger partial charge in [0.05, 0.1) is 6.61 Å². The maximum absolute atomic E-state index is 11.3. The summed E-state index contributed by atoms with van der Waals surface area (Å²) < 4.78 is 0. The molecule has 6 nitrogen and oxygen atoms in total. The lowest BCUT2D eigenvalue weighted by Crippen LogP contribution is -2.37. The molecule has 1 aromatic rings. The van der Waals surface area contributed by atoms with Crippen molar-refractivity contribution in [3.05, 3.63) is 35.9 Å². The summed E-state index contributed by atoms with van der Waals surface area (Å²) in [6.45, 7) is 0.572. The van der Waals surface area contributed by atoms with Gasteiger partial charge in [0.2, 0.25) is 5.91 Å². The second kappa shape index (κ2) is 8.10. The Labute approximate surface area is 112 Å². The lowest BCUT2D eigenvalue weighted by Gasteiger charge is -2.11. The molecule has 1 aromatic carbocycles. The van der Waals surface area contributed by atoms with Gasteiger partial charge in [-0.1, -0.05) is 30.3 Å². The molecule has 0 atom stereocenters. The van der Waals surface area contributed by atoms with Crippen molar-refractivity contribution in [3.63, 3.8) is 0 Å². The molecular formula is C13H19N3O3. The van der Waals surface area contributed by atoms with Gasteiger partial charge in [0.1, 0.15) is 0 Å². The summed E-state index contributed by atoms with van der Waals surface area (Å²) in [7, 11) is 3.34. The van der Waals surface area contributed by atoms with Crippen molar-refractivity contribution >= 4 is 11.9 Å². The third-order valence-corrected chi connectivity index (χ3v) is 2.37. The Hall–Kier alpha value is -2.08. The summed E-state index contributed by atoms with van der Waals surface area (Å²) in [5, 5.41) is 2.53. The number of nitrogens with zero attached hydrogens (tertiary/aromatic N) is 1. The fourth-order valence-corrected chi connectivity index (χ4v) is 1.30. The Morgan fingerprint density at radius 1 is 1.21 bits per heavy atom. The van der Waals surface area contributed by atoms with E-state index in [-0.39, 0.29) is 18.9 Å². The van der Waals surface area contributed by atoms with Crippen LogP contribution in [0.5, 0.6) is 0 Å². The van der Waals surface area contributed by atoms with Crippen LogP contribution >= 0.6 is 0 Å². The van der Waals surface area contributed by atoms with Gasteiger partial charge in [-0.25, -0.2) is 10.3 Å². The molecule has 0 bridgehead atoms. The summed E-state index contributed by atoms with van der Waals surface area (Å²) >= 11 is 0. The average molecular weight is 265 g/mol. The van der Waals surface area contributed by atoms with E-state index in [9.17, 15) is 9.59 Å². The van der Waals surface area contributed by atoms with Crippen LogP contribution < -0.4 is 10.8 Å². The molecule has 0 aliphatic rings. The number of benzene rings is 1. The van der Waals surface area contributed by atoms with Crippen LogP contribution in [0.15, 0.2) is 30.3 Å². The van der Waals surface area contributed by atoms with Gasteiger partial charge in [0.25, 0.3) is 0 Å². The largest absolute Gasteiger partial charge is 0.349 e. The Balaban J connectivity index is 2.10. The van der Waals surface area contributed by atoms with E-state index in [2.05, 4.69) is 10.8 Å². The molecule has 0 aliphatic heterocycles. The maximum atomic E-state index is 11.3. The first-order valence-electron chi connectivity index (χ1n) is 5.99. The van der Waals surface area contributed by atoms with Crippen LogP contribution in [0, 0.1) is 0 Å². The molecule has 3 amide bonds. The first-order chi connectivity index (χ1) is 9.09. The SMILES string of the molecule is CN(C)C(=O)CCNC(=O)NOCc1ccccc1. The third kappa shape index (κ3) is 6.42. The van der Waals surface area contributed by atoms with Crippen LogP contribution in [-0.4, -0.2) is 37.5 Å². The van der Waals surface area contributed by atoms with Gasteiger partial charge in [0, 0.05) is 27.1 Å². The third-order valence-electron chi connectivity index (χ3n) is 2.37. The molecule has 104 valence electrons. The molecule has 0 saturated carbocycles. The minimum Gasteiger partial charge on any atom is -0.349 e. The van der Waals surface area contributed by atoms with Crippen molar-refractivity contribution < 1.29 is 14.4 Å². The van der Waals surface area contributed by atoms with Crippen molar-refractivity contribution in [2.45, 2.75) is 13.0 Å². The smallest absolute Gasteiger partial charge is 0.338 e. The van der Waals surface area contributed by atoms with Gasteiger partial charge >= 0.3 is 6.03 Å². The van der Waals surface area contributed by atoms with Gasteiger partial charge < -0.3 is 10.2 Å². The molecule has 1 rings (SSSR count). The van der Waals surface area contributed by atoms with Crippen LogP contribution in [0.4, 0.5) is 4.79 Å². The zero-order valence-electron chi connectivity index (χ0n) is 11.2. The molecule has 0 unspecified atom stereocenters. The van der Waals surface area contributed by atoms with Gasteiger partial charge in [-0.15, -0.1) is 0 Å². The minimum atomic E-state index is -0.456. The zero-order chi connectivity index (χ0) is 14.1.